The number of nitrogens with zero attached hydrogens (tertiary/aromatic N) is 2. The van der Waals surface area contributed by atoms with Crippen molar-refractivity contribution in [1.82, 2.24) is 9.97 Å². The van der Waals surface area contributed by atoms with Crippen molar-refractivity contribution in [2.45, 2.75) is 26.2 Å². The number of nitrogens with one attached hydrogen (secondary N) is 2. The standard InChI is InChI=1S/C21H20F2N4O/c1-21(2,3)15-6-4-5-7-18(15)27-20-24-11-13(12-25-20)19(28)26-14-8-9-16(22)17(23)10-14/h4-12H,1-3H3,(H,26,28)(H,24,25,27). The summed E-state index contributed by atoms with van der Waals surface area (Å²) in [6, 6.07) is 11.0. The van der Waals surface area contributed by atoms with Crippen LogP contribution in [-0.4, -0.2) is 15.9 Å². The van der Waals surface area contributed by atoms with Crippen molar-refractivity contribution >= 4 is 23.2 Å². The van der Waals surface area contributed by atoms with Crippen molar-refractivity contribution in [2.24, 2.45) is 0 Å². The molecule has 1 heterocycles. The number of benzene rings is 2. The molecule has 3 rings (SSSR count). The molecule has 28 heavy (non-hydrogen) atoms. The van der Waals surface area contributed by atoms with Crippen LogP contribution in [0.4, 0.5) is 26.1 Å². The highest BCUT2D eigenvalue weighted by Gasteiger charge is 2.18. The number of rotatable bonds is 4. The van der Waals surface area contributed by atoms with E-state index in [-0.39, 0.29) is 16.7 Å². The van der Waals surface area contributed by atoms with Gasteiger partial charge in [-0.3, -0.25) is 4.79 Å². The molecule has 0 aliphatic heterocycles. The molecule has 0 saturated heterocycles. The fraction of sp³-hybridized carbons (Fsp3) is 0.190. The van der Waals surface area contributed by atoms with Gasteiger partial charge in [0, 0.05) is 29.8 Å². The molecule has 3 aromatic rings. The Balaban J connectivity index is 1.73. The first-order valence-electron chi connectivity index (χ1n) is 8.69. The molecule has 0 spiro atoms. The molecule has 0 aliphatic rings. The summed E-state index contributed by atoms with van der Waals surface area (Å²) in [5.41, 5.74) is 2.27. The van der Waals surface area contributed by atoms with Crippen LogP contribution in [0, 0.1) is 11.6 Å². The SMILES string of the molecule is CC(C)(C)c1ccccc1Nc1ncc(C(=O)Nc2ccc(F)c(F)c2)cn1. The summed E-state index contributed by atoms with van der Waals surface area (Å²) in [4.78, 5) is 20.6. The Kier molecular flexibility index (Phi) is 5.35. The lowest BCUT2D eigenvalue weighted by Crippen LogP contribution is -2.15. The Morgan fingerprint density at radius 3 is 2.29 bits per heavy atom. The first-order valence-corrected chi connectivity index (χ1v) is 8.69. The second-order valence-corrected chi connectivity index (χ2v) is 7.30. The summed E-state index contributed by atoms with van der Waals surface area (Å²) in [6.07, 6.45) is 2.73. The number of halogens is 2. The van der Waals surface area contributed by atoms with E-state index in [1.165, 1.54) is 18.5 Å². The lowest BCUT2D eigenvalue weighted by Gasteiger charge is -2.22. The molecule has 0 aliphatic carbocycles. The third-order valence-corrected chi connectivity index (χ3v) is 4.07. The molecule has 0 bridgehead atoms. The molecule has 0 radical (unpaired) electrons. The minimum absolute atomic E-state index is 0.0617. The summed E-state index contributed by atoms with van der Waals surface area (Å²) in [7, 11) is 0. The topological polar surface area (TPSA) is 66.9 Å². The minimum atomic E-state index is -1.04. The van der Waals surface area contributed by atoms with Gasteiger partial charge in [-0.25, -0.2) is 18.7 Å². The molecule has 1 amide bonds. The Labute approximate surface area is 161 Å². The molecule has 2 N–H and O–H groups in total. The van der Waals surface area contributed by atoms with Crippen molar-refractivity contribution < 1.29 is 13.6 Å². The van der Waals surface area contributed by atoms with Crippen LogP contribution in [0.3, 0.4) is 0 Å². The Morgan fingerprint density at radius 1 is 0.964 bits per heavy atom. The lowest BCUT2D eigenvalue weighted by atomic mass is 9.86. The minimum Gasteiger partial charge on any atom is -0.324 e. The lowest BCUT2D eigenvalue weighted by molar-refractivity contribution is 0.102. The third-order valence-electron chi connectivity index (χ3n) is 4.07. The smallest absolute Gasteiger partial charge is 0.258 e. The maximum absolute atomic E-state index is 13.2. The van der Waals surface area contributed by atoms with E-state index in [0.29, 0.717) is 5.95 Å². The van der Waals surface area contributed by atoms with Crippen LogP contribution < -0.4 is 10.6 Å². The van der Waals surface area contributed by atoms with Crippen LogP contribution in [0.15, 0.2) is 54.9 Å². The first-order chi connectivity index (χ1) is 13.2. The van der Waals surface area contributed by atoms with E-state index in [4.69, 9.17) is 0 Å². The van der Waals surface area contributed by atoms with E-state index in [1.54, 1.807) is 0 Å². The average molecular weight is 382 g/mol. The summed E-state index contributed by atoms with van der Waals surface area (Å²) in [5.74, 6) is -2.19. The number of anilines is 3. The summed E-state index contributed by atoms with van der Waals surface area (Å²) >= 11 is 0. The average Bonchev–Trinajstić information content (AvgIpc) is 2.65. The predicted molar refractivity (Wildman–Crippen MR) is 105 cm³/mol. The summed E-state index contributed by atoms with van der Waals surface area (Å²) in [5, 5.41) is 5.64. The van der Waals surface area contributed by atoms with Crippen molar-refractivity contribution in [1.29, 1.82) is 0 Å². The van der Waals surface area contributed by atoms with Crippen LogP contribution in [0.5, 0.6) is 0 Å². The number of hydrogen-bond acceptors (Lipinski definition) is 4. The van der Waals surface area contributed by atoms with Gasteiger partial charge >= 0.3 is 0 Å². The van der Waals surface area contributed by atoms with Gasteiger partial charge in [0.2, 0.25) is 5.95 Å². The highest BCUT2D eigenvalue weighted by Crippen LogP contribution is 2.30. The molecule has 144 valence electrons. The molecule has 5 nitrogen and oxygen atoms in total. The van der Waals surface area contributed by atoms with E-state index in [9.17, 15) is 13.6 Å². The molecule has 0 fully saturated rings. The third kappa shape index (κ3) is 4.49. The summed E-state index contributed by atoms with van der Waals surface area (Å²) < 4.78 is 26.2. The number of para-hydroxylation sites is 1. The number of hydrogen-bond donors (Lipinski definition) is 2. The fourth-order valence-corrected chi connectivity index (χ4v) is 2.65. The van der Waals surface area contributed by atoms with Crippen molar-refractivity contribution in [3.05, 3.63) is 77.6 Å². The van der Waals surface area contributed by atoms with Gasteiger partial charge in [-0.2, -0.15) is 0 Å². The molecule has 7 heteroatoms. The van der Waals surface area contributed by atoms with E-state index < -0.39 is 17.5 Å². The van der Waals surface area contributed by atoms with E-state index in [0.717, 1.165) is 23.4 Å². The second-order valence-electron chi connectivity index (χ2n) is 7.30. The molecular weight excluding hydrogens is 362 g/mol. The normalized spacial score (nSPS) is 11.2. The monoisotopic (exact) mass is 382 g/mol. The van der Waals surface area contributed by atoms with E-state index in [1.807, 2.05) is 24.3 Å². The van der Waals surface area contributed by atoms with Crippen LogP contribution in [-0.2, 0) is 5.41 Å². The van der Waals surface area contributed by atoms with Gasteiger partial charge < -0.3 is 10.6 Å². The zero-order chi connectivity index (χ0) is 20.3. The Morgan fingerprint density at radius 2 is 1.64 bits per heavy atom. The zero-order valence-corrected chi connectivity index (χ0v) is 15.8. The van der Waals surface area contributed by atoms with Gasteiger partial charge in [-0.15, -0.1) is 0 Å². The van der Waals surface area contributed by atoms with Crippen LogP contribution in [0.2, 0.25) is 0 Å². The quantitative estimate of drug-likeness (QED) is 0.663. The number of aromatic nitrogens is 2. The van der Waals surface area contributed by atoms with Crippen molar-refractivity contribution in [3.63, 3.8) is 0 Å². The van der Waals surface area contributed by atoms with Gasteiger partial charge in [-0.05, 0) is 29.2 Å². The van der Waals surface area contributed by atoms with E-state index >= 15 is 0 Å². The van der Waals surface area contributed by atoms with Gasteiger partial charge in [0.25, 0.3) is 5.91 Å². The molecular formula is C21H20F2N4O. The van der Waals surface area contributed by atoms with E-state index in [2.05, 4.69) is 41.4 Å². The van der Waals surface area contributed by atoms with Crippen molar-refractivity contribution in [2.75, 3.05) is 10.6 Å². The summed E-state index contributed by atoms with van der Waals surface area (Å²) in [6.45, 7) is 6.33. The van der Waals surface area contributed by atoms with Gasteiger partial charge in [-0.1, -0.05) is 39.0 Å². The maximum atomic E-state index is 13.2. The highest BCUT2D eigenvalue weighted by atomic mass is 19.2. The van der Waals surface area contributed by atoms with Crippen LogP contribution >= 0.6 is 0 Å². The Hall–Kier alpha value is -3.35. The first kappa shape index (κ1) is 19.4. The van der Waals surface area contributed by atoms with Crippen LogP contribution in [0.1, 0.15) is 36.7 Å². The van der Waals surface area contributed by atoms with Crippen molar-refractivity contribution in [3.8, 4) is 0 Å². The molecule has 0 atom stereocenters. The largest absolute Gasteiger partial charge is 0.324 e. The molecule has 0 unspecified atom stereocenters. The second kappa shape index (κ2) is 7.72. The number of carbonyl (C=O) groups is 1. The maximum Gasteiger partial charge on any atom is 0.258 e. The Bertz CT molecular complexity index is 998. The van der Waals surface area contributed by atoms with Gasteiger partial charge in [0.1, 0.15) is 0 Å². The molecule has 2 aromatic carbocycles. The number of amides is 1. The van der Waals surface area contributed by atoms with Crippen LogP contribution in [0.25, 0.3) is 0 Å². The predicted octanol–water partition coefficient (Wildman–Crippen LogP) is 5.05. The van der Waals surface area contributed by atoms with Gasteiger partial charge in [0.05, 0.1) is 5.56 Å². The molecule has 0 saturated carbocycles. The number of carbonyl (C=O) groups excluding carboxylic acids is 1. The molecule has 1 aromatic heterocycles. The fourth-order valence-electron chi connectivity index (χ4n) is 2.65. The highest BCUT2D eigenvalue weighted by molar-refractivity contribution is 6.03. The zero-order valence-electron chi connectivity index (χ0n) is 15.8. The van der Waals surface area contributed by atoms with Gasteiger partial charge in [0.15, 0.2) is 11.6 Å².